The molecule has 1 heterocycles. The number of ether oxygens (including phenoxy) is 1. The minimum Gasteiger partial charge on any atom is -0.380 e. The lowest BCUT2D eigenvalue weighted by molar-refractivity contribution is 0.121. The molecule has 1 rings (SSSR count). The molecule has 0 aliphatic carbocycles. The number of aryl methyl sites for hydroxylation is 1. The Morgan fingerprint density at radius 1 is 1.53 bits per heavy atom. The van der Waals surface area contributed by atoms with Crippen LogP contribution in [0.15, 0.2) is 12.4 Å². The van der Waals surface area contributed by atoms with E-state index in [0.29, 0.717) is 6.61 Å². The van der Waals surface area contributed by atoms with Crippen molar-refractivity contribution < 1.29 is 4.74 Å². The van der Waals surface area contributed by atoms with Gasteiger partial charge in [-0.1, -0.05) is 6.92 Å². The Hall–Kier alpha value is -0.870. The van der Waals surface area contributed by atoms with Crippen molar-refractivity contribution in [3.05, 3.63) is 18.0 Å². The molecule has 86 valence electrons. The van der Waals surface area contributed by atoms with Crippen LogP contribution in [0.5, 0.6) is 0 Å². The molecular weight excluding hydrogens is 190 g/mol. The fourth-order valence-electron chi connectivity index (χ4n) is 1.43. The van der Waals surface area contributed by atoms with Gasteiger partial charge in [0.1, 0.15) is 0 Å². The Bertz CT molecular complexity index is 273. The van der Waals surface area contributed by atoms with E-state index in [1.54, 1.807) is 0 Å². The summed E-state index contributed by atoms with van der Waals surface area (Å²) in [6, 6.07) is 0.0751. The standard InChI is InChI=1S/C11H21N3O/c1-3-5-15-9-11(12)6-10-7-13-14(4-2)8-10/h7-8,11H,3-6,9,12H2,1-2H3. The van der Waals surface area contributed by atoms with Gasteiger partial charge in [0.25, 0.3) is 0 Å². The maximum atomic E-state index is 5.94. The quantitative estimate of drug-likeness (QED) is 0.689. The molecule has 0 saturated carbocycles. The first-order valence-corrected chi connectivity index (χ1v) is 5.60. The molecule has 4 nitrogen and oxygen atoms in total. The van der Waals surface area contributed by atoms with E-state index in [4.69, 9.17) is 10.5 Å². The average Bonchev–Trinajstić information content (AvgIpc) is 2.66. The molecule has 4 heteroatoms. The second-order valence-electron chi connectivity index (χ2n) is 3.74. The highest BCUT2D eigenvalue weighted by Gasteiger charge is 2.05. The van der Waals surface area contributed by atoms with Crippen molar-refractivity contribution in [3.63, 3.8) is 0 Å². The largest absolute Gasteiger partial charge is 0.380 e. The van der Waals surface area contributed by atoms with Crippen molar-refractivity contribution in [2.75, 3.05) is 13.2 Å². The van der Waals surface area contributed by atoms with Gasteiger partial charge in [-0.2, -0.15) is 5.10 Å². The Kier molecular flexibility index (Phi) is 5.36. The summed E-state index contributed by atoms with van der Waals surface area (Å²) in [5, 5.41) is 4.20. The normalized spacial score (nSPS) is 13.0. The number of hydrogen-bond acceptors (Lipinski definition) is 3. The van der Waals surface area contributed by atoms with Crippen LogP contribution in [0.1, 0.15) is 25.8 Å². The molecule has 15 heavy (non-hydrogen) atoms. The molecule has 0 spiro atoms. The van der Waals surface area contributed by atoms with Gasteiger partial charge in [-0.3, -0.25) is 4.68 Å². The minimum atomic E-state index is 0.0751. The van der Waals surface area contributed by atoms with E-state index in [0.717, 1.165) is 26.0 Å². The van der Waals surface area contributed by atoms with Crippen LogP contribution in [-0.2, 0) is 17.7 Å². The highest BCUT2D eigenvalue weighted by atomic mass is 16.5. The van der Waals surface area contributed by atoms with Gasteiger partial charge in [-0.05, 0) is 25.3 Å². The second-order valence-corrected chi connectivity index (χ2v) is 3.74. The van der Waals surface area contributed by atoms with Crippen LogP contribution < -0.4 is 5.73 Å². The van der Waals surface area contributed by atoms with Crippen LogP contribution in [0.3, 0.4) is 0 Å². The SMILES string of the molecule is CCCOCC(N)Cc1cnn(CC)c1. The number of nitrogens with zero attached hydrogens (tertiary/aromatic N) is 2. The van der Waals surface area contributed by atoms with Crippen LogP contribution in [-0.4, -0.2) is 29.0 Å². The molecular formula is C11H21N3O. The lowest BCUT2D eigenvalue weighted by atomic mass is 10.1. The highest BCUT2D eigenvalue weighted by Crippen LogP contribution is 2.01. The smallest absolute Gasteiger partial charge is 0.0620 e. The third-order valence-corrected chi connectivity index (χ3v) is 2.19. The number of rotatable bonds is 7. The van der Waals surface area contributed by atoms with E-state index in [2.05, 4.69) is 18.9 Å². The summed E-state index contributed by atoms with van der Waals surface area (Å²) < 4.78 is 7.31. The monoisotopic (exact) mass is 211 g/mol. The Labute approximate surface area is 91.4 Å². The summed E-state index contributed by atoms with van der Waals surface area (Å²) in [6.45, 7) is 6.49. The first-order chi connectivity index (χ1) is 7.26. The van der Waals surface area contributed by atoms with Crippen molar-refractivity contribution in [1.82, 2.24) is 9.78 Å². The first-order valence-electron chi connectivity index (χ1n) is 5.60. The van der Waals surface area contributed by atoms with Gasteiger partial charge < -0.3 is 10.5 Å². The summed E-state index contributed by atoms with van der Waals surface area (Å²) >= 11 is 0. The third-order valence-electron chi connectivity index (χ3n) is 2.19. The molecule has 0 saturated heterocycles. The van der Waals surface area contributed by atoms with Gasteiger partial charge in [-0.25, -0.2) is 0 Å². The van der Waals surface area contributed by atoms with Gasteiger partial charge in [-0.15, -0.1) is 0 Å². The fourth-order valence-corrected chi connectivity index (χ4v) is 1.43. The summed E-state index contributed by atoms with van der Waals surface area (Å²) in [6.07, 6.45) is 5.80. The maximum absolute atomic E-state index is 5.94. The van der Waals surface area contributed by atoms with Gasteiger partial charge in [0.05, 0.1) is 12.8 Å². The van der Waals surface area contributed by atoms with Crippen molar-refractivity contribution >= 4 is 0 Å². The second kappa shape index (κ2) is 6.58. The van der Waals surface area contributed by atoms with E-state index in [1.165, 1.54) is 5.56 Å². The number of aromatic nitrogens is 2. The van der Waals surface area contributed by atoms with Crippen molar-refractivity contribution in [2.45, 2.75) is 39.3 Å². The van der Waals surface area contributed by atoms with Gasteiger partial charge in [0.15, 0.2) is 0 Å². The van der Waals surface area contributed by atoms with Crippen LogP contribution in [0.2, 0.25) is 0 Å². The van der Waals surface area contributed by atoms with Gasteiger partial charge in [0, 0.05) is 25.4 Å². The van der Waals surface area contributed by atoms with Crippen molar-refractivity contribution in [3.8, 4) is 0 Å². The van der Waals surface area contributed by atoms with E-state index in [1.807, 2.05) is 17.1 Å². The molecule has 2 N–H and O–H groups in total. The number of nitrogens with two attached hydrogens (primary N) is 1. The molecule has 1 aromatic heterocycles. The van der Waals surface area contributed by atoms with Crippen LogP contribution in [0.4, 0.5) is 0 Å². The summed E-state index contributed by atoms with van der Waals surface area (Å²) in [5.74, 6) is 0. The Morgan fingerprint density at radius 2 is 2.33 bits per heavy atom. The van der Waals surface area contributed by atoms with E-state index in [9.17, 15) is 0 Å². The van der Waals surface area contributed by atoms with Crippen molar-refractivity contribution in [2.24, 2.45) is 5.73 Å². The van der Waals surface area contributed by atoms with E-state index < -0.39 is 0 Å². The molecule has 0 aliphatic rings. The fraction of sp³-hybridized carbons (Fsp3) is 0.727. The molecule has 1 aromatic rings. The molecule has 0 amide bonds. The Morgan fingerprint density at radius 3 is 2.93 bits per heavy atom. The molecule has 1 unspecified atom stereocenters. The minimum absolute atomic E-state index is 0.0751. The highest BCUT2D eigenvalue weighted by molar-refractivity contribution is 5.05. The molecule has 0 radical (unpaired) electrons. The topological polar surface area (TPSA) is 53.1 Å². The zero-order chi connectivity index (χ0) is 11.1. The molecule has 0 fully saturated rings. The van der Waals surface area contributed by atoms with Gasteiger partial charge in [0.2, 0.25) is 0 Å². The predicted octanol–water partition coefficient (Wildman–Crippen LogP) is 1.20. The lowest BCUT2D eigenvalue weighted by Crippen LogP contribution is -2.28. The third kappa shape index (κ3) is 4.44. The van der Waals surface area contributed by atoms with Crippen molar-refractivity contribution in [1.29, 1.82) is 0 Å². The zero-order valence-electron chi connectivity index (χ0n) is 9.65. The van der Waals surface area contributed by atoms with E-state index in [-0.39, 0.29) is 6.04 Å². The summed E-state index contributed by atoms with van der Waals surface area (Å²) in [5.41, 5.74) is 7.12. The molecule has 0 aromatic carbocycles. The lowest BCUT2D eigenvalue weighted by Gasteiger charge is -2.10. The number of hydrogen-bond donors (Lipinski definition) is 1. The van der Waals surface area contributed by atoms with Crippen LogP contribution >= 0.6 is 0 Å². The zero-order valence-corrected chi connectivity index (χ0v) is 9.65. The average molecular weight is 211 g/mol. The molecule has 1 atom stereocenters. The predicted molar refractivity (Wildman–Crippen MR) is 60.7 cm³/mol. The van der Waals surface area contributed by atoms with Crippen LogP contribution in [0, 0.1) is 0 Å². The summed E-state index contributed by atoms with van der Waals surface area (Å²) in [4.78, 5) is 0. The van der Waals surface area contributed by atoms with E-state index >= 15 is 0 Å². The molecule has 0 aliphatic heterocycles. The Balaban J connectivity index is 2.27. The summed E-state index contributed by atoms with van der Waals surface area (Å²) in [7, 11) is 0. The maximum Gasteiger partial charge on any atom is 0.0620 e. The van der Waals surface area contributed by atoms with Gasteiger partial charge >= 0.3 is 0 Å². The first kappa shape index (κ1) is 12.2. The van der Waals surface area contributed by atoms with Crippen LogP contribution in [0.25, 0.3) is 0 Å². The molecule has 0 bridgehead atoms.